The molecule has 8 nitrogen and oxygen atoms in total. The van der Waals surface area contributed by atoms with Crippen molar-refractivity contribution in [2.24, 2.45) is 0 Å². The van der Waals surface area contributed by atoms with Crippen molar-refractivity contribution in [3.05, 3.63) is 88.5 Å². The molecule has 200 valence electrons. The van der Waals surface area contributed by atoms with Crippen LogP contribution in [0.1, 0.15) is 27.8 Å². The molecule has 0 aromatic heterocycles. The lowest BCUT2D eigenvalue weighted by atomic mass is 10.1. The van der Waals surface area contributed by atoms with Crippen molar-refractivity contribution in [1.29, 1.82) is 0 Å². The van der Waals surface area contributed by atoms with E-state index in [0.717, 1.165) is 16.7 Å². The number of hydrogen-bond donors (Lipinski definition) is 0. The van der Waals surface area contributed by atoms with E-state index in [-0.39, 0.29) is 18.0 Å². The van der Waals surface area contributed by atoms with Crippen LogP contribution in [0.5, 0.6) is 5.75 Å². The first-order valence-corrected chi connectivity index (χ1v) is 13.7. The van der Waals surface area contributed by atoms with Crippen LogP contribution in [0.4, 0.5) is 5.69 Å². The van der Waals surface area contributed by atoms with Gasteiger partial charge in [-0.3, -0.25) is 4.79 Å². The van der Waals surface area contributed by atoms with E-state index in [1.54, 1.807) is 38.1 Å². The summed E-state index contributed by atoms with van der Waals surface area (Å²) in [6.45, 7) is 6.88. The molecule has 0 fully saturated rings. The SMILES string of the molecule is COC(=O)C1CN(C(=O)CN(Cc2ccc(C)cc2)S(=O)(=O)c2c(C)cc(C)cc2C)c2ccccc2O1. The molecular weight excluding hydrogens is 504 g/mol. The van der Waals surface area contributed by atoms with Gasteiger partial charge >= 0.3 is 5.97 Å². The zero-order valence-electron chi connectivity index (χ0n) is 22.2. The van der Waals surface area contributed by atoms with Gasteiger partial charge in [0.15, 0.2) is 0 Å². The number of sulfonamides is 1. The normalized spacial score (nSPS) is 15.1. The van der Waals surface area contributed by atoms with E-state index in [9.17, 15) is 18.0 Å². The molecular formula is C29H32N2O6S. The van der Waals surface area contributed by atoms with Gasteiger partial charge in [0, 0.05) is 6.54 Å². The zero-order chi connectivity index (χ0) is 27.6. The number of aryl methyl sites for hydroxylation is 4. The lowest BCUT2D eigenvalue weighted by molar-refractivity contribution is -0.148. The summed E-state index contributed by atoms with van der Waals surface area (Å²) >= 11 is 0. The maximum absolute atomic E-state index is 14.1. The number of amides is 1. The number of carbonyl (C=O) groups is 2. The van der Waals surface area contributed by atoms with E-state index in [0.29, 0.717) is 22.6 Å². The summed E-state index contributed by atoms with van der Waals surface area (Å²) in [6.07, 6.45) is -1.03. The molecule has 4 rings (SSSR count). The Bertz CT molecular complexity index is 1440. The van der Waals surface area contributed by atoms with E-state index >= 15 is 0 Å². The number of nitrogens with zero attached hydrogens (tertiary/aromatic N) is 2. The highest BCUT2D eigenvalue weighted by atomic mass is 32.2. The second kappa shape index (κ2) is 11.0. The summed E-state index contributed by atoms with van der Waals surface area (Å²) in [7, 11) is -2.82. The Morgan fingerprint density at radius 1 is 0.974 bits per heavy atom. The Balaban J connectivity index is 1.74. The number of benzene rings is 3. The summed E-state index contributed by atoms with van der Waals surface area (Å²) in [5.74, 6) is -0.749. The maximum Gasteiger partial charge on any atom is 0.348 e. The number of carbonyl (C=O) groups excluding carboxylic acids is 2. The molecule has 0 saturated carbocycles. The van der Waals surface area contributed by atoms with Crippen LogP contribution in [0.25, 0.3) is 0 Å². The highest BCUT2D eigenvalue weighted by molar-refractivity contribution is 7.89. The summed E-state index contributed by atoms with van der Waals surface area (Å²) in [5, 5.41) is 0. The van der Waals surface area contributed by atoms with Gasteiger partial charge in [0.2, 0.25) is 22.0 Å². The van der Waals surface area contributed by atoms with Crippen LogP contribution >= 0.6 is 0 Å². The summed E-state index contributed by atoms with van der Waals surface area (Å²) in [4.78, 5) is 27.7. The molecule has 0 radical (unpaired) electrons. The molecule has 3 aromatic rings. The van der Waals surface area contributed by atoms with E-state index in [1.165, 1.54) is 16.3 Å². The zero-order valence-corrected chi connectivity index (χ0v) is 23.0. The molecule has 0 saturated heterocycles. The molecule has 0 spiro atoms. The fourth-order valence-corrected chi connectivity index (χ4v) is 6.58. The minimum atomic E-state index is -4.07. The number of methoxy groups -OCH3 is 1. The highest BCUT2D eigenvalue weighted by Crippen LogP contribution is 2.34. The van der Waals surface area contributed by atoms with Crippen molar-refractivity contribution in [2.45, 2.75) is 45.2 Å². The van der Waals surface area contributed by atoms with Crippen LogP contribution in [0, 0.1) is 27.7 Å². The first-order chi connectivity index (χ1) is 18.0. The van der Waals surface area contributed by atoms with Crippen molar-refractivity contribution in [2.75, 3.05) is 25.1 Å². The first kappa shape index (κ1) is 27.3. The van der Waals surface area contributed by atoms with E-state index in [1.807, 2.05) is 50.2 Å². The van der Waals surface area contributed by atoms with E-state index in [4.69, 9.17) is 9.47 Å². The van der Waals surface area contributed by atoms with Gasteiger partial charge in [-0.25, -0.2) is 13.2 Å². The highest BCUT2D eigenvalue weighted by Gasteiger charge is 2.37. The van der Waals surface area contributed by atoms with Crippen molar-refractivity contribution in [3.8, 4) is 5.75 Å². The van der Waals surface area contributed by atoms with Gasteiger partial charge in [-0.1, -0.05) is 59.7 Å². The molecule has 1 aliphatic rings. The van der Waals surface area contributed by atoms with Crippen LogP contribution in [-0.2, 0) is 30.9 Å². The van der Waals surface area contributed by atoms with Gasteiger partial charge in [-0.2, -0.15) is 4.31 Å². The fourth-order valence-electron chi connectivity index (χ4n) is 4.79. The molecule has 1 amide bonds. The number of hydrogen-bond acceptors (Lipinski definition) is 6. The van der Waals surface area contributed by atoms with Crippen molar-refractivity contribution in [1.82, 2.24) is 4.31 Å². The maximum atomic E-state index is 14.1. The van der Waals surface area contributed by atoms with Crippen LogP contribution in [0.3, 0.4) is 0 Å². The number of fused-ring (bicyclic) bond motifs is 1. The van der Waals surface area contributed by atoms with Crippen molar-refractivity contribution >= 4 is 27.6 Å². The Kier molecular flexibility index (Phi) is 7.89. The molecule has 1 unspecified atom stereocenters. The second-order valence-corrected chi connectivity index (χ2v) is 11.5. The third-order valence-corrected chi connectivity index (χ3v) is 8.63. The third-order valence-electron chi connectivity index (χ3n) is 6.53. The van der Waals surface area contributed by atoms with Gasteiger partial charge in [-0.15, -0.1) is 0 Å². The molecule has 1 heterocycles. The number of esters is 1. The molecule has 38 heavy (non-hydrogen) atoms. The molecule has 1 aliphatic heterocycles. The minimum Gasteiger partial charge on any atom is -0.475 e. The molecule has 0 bridgehead atoms. The standard InChI is InChI=1S/C29H32N2O6S/c1-19-10-12-23(13-11-19)16-30(38(34,35)28-21(3)14-20(2)15-22(28)4)18-27(32)31-17-26(29(33)36-5)37-25-9-7-6-8-24(25)31/h6-15,26H,16-18H2,1-5H3. The second-order valence-electron chi connectivity index (χ2n) is 9.59. The number of para-hydroxylation sites is 2. The largest absolute Gasteiger partial charge is 0.475 e. The lowest BCUT2D eigenvalue weighted by Crippen LogP contribution is -2.50. The van der Waals surface area contributed by atoms with Gasteiger partial charge in [-0.05, 0) is 56.5 Å². The monoisotopic (exact) mass is 536 g/mol. The predicted molar refractivity (Wildman–Crippen MR) is 145 cm³/mol. The number of anilines is 1. The topological polar surface area (TPSA) is 93.2 Å². The van der Waals surface area contributed by atoms with Crippen LogP contribution in [0.15, 0.2) is 65.6 Å². The van der Waals surface area contributed by atoms with Crippen LogP contribution in [0.2, 0.25) is 0 Å². The van der Waals surface area contributed by atoms with Gasteiger partial charge in [0.1, 0.15) is 5.75 Å². The van der Waals surface area contributed by atoms with Crippen molar-refractivity contribution in [3.63, 3.8) is 0 Å². The van der Waals surface area contributed by atoms with Gasteiger partial charge < -0.3 is 14.4 Å². The van der Waals surface area contributed by atoms with Gasteiger partial charge in [0.25, 0.3) is 0 Å². The average Bonchev–Trinajstić information content (AvgIpc) is 2.87. The smallest absolute Gasteiger partial charge is 0.348 e. The Morgan fingerprint density at radius 3 is 2.24 bits per heavy atom. The summed E-state index contributed by atoms with van der Waals surface area (Å²) in [5.41, 5.74) is 4.46. The minimum absolute atomic E-state index is 0.00747. The number of ether oxygens (including phenoxy) is 2. The fraction of sp³-hybridized carbons (Fsp3) is 0.310. The Labute approximate surface area is 223 Å². The van der Waals surface area contributed by atoms with Crippen LogP contribution < -0.4 is 9.64 Å². The summed E-state index contributed by atoms with van der Waals surface area (Å²) in [6, 6.07) is 18.0. The first-order valence-electron chi connectivity index (χ1n) is 12.3. The lowest BCUT2D eigenvalue weighted by Gasteiger charge is -2.35. The number of rotatable bonds is 7. The molecule has 1 atom stereocenters. The molecule has 0 N–H and O–H groups in total. The van der Waals surface area contributed by atoms with Gasteiger partial charge in [0.05, 0.1) is 30.8 Å². The average molecular weight is 537 g/mol. The van der Waals surface area contributed by atoms with E-state index in [2.05, 4.69) is 0 Å². The quantitative estimate of drug-likeness (QED) is 0.423. The van der Waals surface area contributed by atoms with Crippen LogP contribution in [-0.4, -0.2) is 50.9 Å². The Hall–Kier alpha value is -3.69. The summed E-state index contributed by atoms with van der Waals surface area (Å²) < 4.78 is 40.0. The Morgan fingerprint density at radius 2 is 1.61 bits per heavy atom. The molecule has 3 aromatic carbocycles. The predicted octanol–water partition coefficient (Wildman–Crippen LogP) is 4.08. The molecule has 0 aliphatic carbocycles. The third kappa shape index (κ3) is 5.58. The van der Waals surface area contributed by atoms with Crippen molar-refractivity contribution < 1.29 is 27.5 Å². The molecule has 9 heteroatoms. The van der Waals surface area contributed by atoms with E-state index < -0.39 is 34.5 Å².